The Kier molecular flexibility index (Phi) is 8.56. The van der Waals surface area contributed by atoms with Crippen LogP contribution in [0.25, 0.3) is 11.2 Å². The predicted molar refractivity (Wildman–Crippen MR) is 186 cm³/mol. The second kappa shape index (κ2) is 13.0. The Hall–Kier alpha value is -5.63. The first-order chi connectivity index (χ1) is 24.0. The maximum Gasteiger partial charge on any atom is 0.251 e. The third-order valence-corrected chi connectivity index (χ3v) is 10.8. The van der Waals surface area contributed by atoms with E-state index in [0.717, 1.165) is 48.2 Å². The van der Waals surface area contributed by atoms with Crippen molar-refractivity contribution in [1.29, 1.82) is 5.41 Å². The van der Waals surface area contributed by atoms with Gasteiger partial charge in [-0.2, -0.15) is 9.50 Å². The van der Waals surface area contributed by atoms with Crippen LogP contribution in [0.4, 0.5) is 16.0 Å². The van der Waals surface area contributed by atoms with Crippen molar-refractivity contribution in [2.45, 2.75) is 61.5 Å². The summed E-state index contributed by atoms with van der Waals surface area (Å²) in [6.45, 7) is 4.21. The molecule has 3 heterocycles. The Balaban J connectivity index is 1.05. The average molecular weight is 695 g/mol. The fourth-order valence-electron chi connectivity index (χ4n) is 6.51. The van der Waals surface area contributed by atoms with Gasteiger partial charge < -0.3 is 26.5 Å². The number of hydrogen-bond donors (Lipinski definition) is 4. The van der Waals surface area contributed by atoms with Crippen LogP contribution in [0.15, 0.2) is 83.0 Å². The van der Waals surface area contributed by atoms with Crippen molar-refractivity contribution in [3.63, 3.8) is 0 Å². The summed E-state index contributed by atoms with van der Waals surface area (Å²) >= 11 is 0. The number of amides is 1. The minimum Gasteiger partial charge on any atom is -0.485 e. The van der Waals surface area contributed by atoms with E-state index in [1.807, 2.05) is 32.0 Å². The van der Waals surface area contributed by atoms with Gasteiger partial charge in [0.15, 0.2) is 5.75 Å². The number of anilines is 2. The molecule has 0 saturated heterocycles. The van der Waals surface area contributed by atoms with Crippen molar-refractivity contribution in [3.8, 4) is 5.75 Å². The smallest absolute Gasteiger partial charge is 0.251 e. The first-order valence-electron chi connectivity index (χ1n) is 16.2. The van der Waals surface area contributed by atoms with Crippen molar-refractivity contribution in [1.82, 2.24) is 24.9 Å². The van der Waals surface area contributed by atoms with Crippen molar-refractivity contribution >= 4 is 44.8 Å². The zero-order valence-electron chi connectivity index (χ0n) is 27.4. The number of allylic oxidation sites excluding steroid dienone is 1. The van der Waals surface area contributed by atoms with Crippen molar-refractivity contribution in [2.75, 3.05) is 5.32 Å². The number of benzene rings is 3. The molecule has 5 N–H and O–H groups in total. The van der Waals surface area contributed by atoms with E-state index in [1.54, 1.807) is 12.1 Å². The van der Waals surface area contributed by atoms with E-state index in [9.17, 15) is 13.2 Å². The summed E-state index contributed by atoms with van der Waals surface area (Å²) in [7, 11) is -4.01. The number of nitrogens with two attached hydrogens (primary N) is 1. The lowest BCUT2D eigenvalue weighted by Crippen LogP contribution is -2.24. The Morgan fingerprint density at radius 3 is 2.70 bits per heavy atom. The first-order valence-corrected chi connectivity index (χ1v) is 17.7. The fourth-order valence-corrected chi connectivity index (χ4v) is 7.85. The lowest BCUT2D eigenvalue weighted by Gasteiger charge is -2.36. The summed E-state index contributed by atoms with van der Waals surface area (Å²) in [5, 5.41) is 17.6. The summed E-state index contributed by atoms with van der Waals surface area (Å²) in [6.07, 6.45) is 6.11. The van der Waals surface area contributed by atoms with Crippen LogP contribution in [0, 0.1) is 17.1 Å². The van der Waals surface area contributed by atoms with Crippen LogP contribution in [0.1, 0.15) is 65.3 Å². The van der Waals surface area contributed by atoms with Gasteiger partial charge >= 0.3 is 0 Å². The van der Waals surface area contributed by atoms with E-state index in [-0.39, 0.29) is 44.8 Å². The second-order valence-electron chi connectivity index (χ2n) is 12.8. The summed E-state index contributed by atoms with van der Waals surface area (Å²) in [6, 6.07) is 16.5. The summed E-state index contributed by atoms with van der Waals surface area (Å²) in [5.41, 5.74) is 10.5. The van der Waals surface area contributed by atoms with Gasteiger partial charge in [-0.3, -0.25) is 4.79 Å². The molecule has 2 aromatic heterocycles. The maximum absolute atomic E-state index is 15.4. The molecule has 0 radical (unpaired) electrons. The molecule has 256 valence electrons. The molecule has 1 fully saturated rings. The Labute approximate surface area is 288 Å². The highest BCUT2D eigenvalue weighted by molar-refractivity contribution is 7.91. The van der Waals surface area contributed by atoms with Gasteiger partial charge in [0.1, 0.15) is 17.8 Å². The number of nitrogens with zero attached hydrogens (tertiary/aromatic N) is 4. The van der Waals surface area contributed by atoms with Crippen LogP contribution < -0.4 is 21.1 Å². The molecule has 1 aliphatic carbocycles. The standard InChI is InChI=1S/C36H35FN8O4S/c1-20(2)49-33-32(26(16-38)17-39)41-19-45-34(33)43-36(44-45)42-31-9-7-28(15-30(31)37)50(47,48)27-5-3-4-21(13-27)10-22-11-24(12-22)23-6-8-29-25(14-23)18-40-35(29)46/h3-9,13-17,19-20,22,24,38H,10-12,18,39H2,1-2H3,(H,40,46)(H,42,44)/b26-17+,38-16?. The molecule has 1 aliphatic heterocycles. The van der Waals surface area contributed by atoms with Gasteiger partial charge in [-0.15, -0.1) is 5.10 Å². The molecule has 0 spiro atoms. The summed E-state index contributed by atoms with van der Waals surface area (Å²) in [5.74, 6) is 0.269. The Bertz CT molecular complexity index is 2300. The van der Waals surface area contributed by atoms with Crippen LogP contribution in [0.5, 0.6) is 5.75 Å². The molecular formula is C36H35FN8O4S. The van der Waals surface area contributed by atoms with Crippen molar-refractivity contribution < 1.29 is 22.3 Å². The average Bonchev–Trinajstić information content (AvgIpc) is 3.67. The van der Waals surface area contributed by atoms with Crippen LogP contribution in [0.2, 0.25) is 0 Å². The number of sulfone groups is 1. The molecule has 3 aromatic carbocycles. The van der Waals surface area contributed by atoms with Gasteiger partial charge in [-0.05, 0) is 98.0 Å². The number of rotatable bonds is 11. The number of nitrogens with one attached hydrogen (secondary N) is 3. The SMILES string of the molecule is CC(C)Oc1c(/C(C=N)=C/N)ncn2nc(Nc3ccc(S(=O)(=O)c4cccc(CC5CC(c6ccc7c(c6)CNC7=O)C5)c4)cc3F)nc12. The van der Waals surface area contributed by atoms with E-state index in [2.05, 4.69) is 31.8 Å². The number of fused-ring (bicyclic) bond motifs is 2. The molecular weight excluding hydrogens is 660 g/mol. The van der Waals surface area contributed by atoms with E-state index in [0.29, 0.717) is 29.6 Å². The summed E-state index contributed by atoms with van der Waals surface area (Å²) < 4.78 is 50.0. The number of carbonyl (C=O) groups is 1. The van der Waals surface area contributed by atoms with Gasteiger partial charge in [-0.25, -0.2) is 17.8 Å². The second-order valence-corrected chi connectivity index (χ2v) is 14.8. The topological polar surface area (TPSA) is 177 Å². The fraction of sp³-hybridized carbons (Fsp3) is 0.250. The highest BCUT2D eigenvalue weighted by Crippen LogP contribution is 2.44. The number of halogens is 1. The number of hydrogen-bond acceptors (Lipinski definition) is 10. The van der Waals surface area contributed by atoms with E-state index in [4.69, 9.17) is 15.9 Å². The molecule has 50 heavy (non-hydrogen) atoms. The van der Waals surface area contributed by atoms with Crippen LogP contribution in [-0.4, -0.2) is 46.2 Å². The molecule has 0 unspecified atom stereocenters. The van der Waals surface area contributed by atoms with E-state index >= 15 is 4.39 Å². The predicted octanol–water partition coefficient (Wildman–Crippen LogP) is 5.56. The maximum atomic E-state index is 15.4. The molecule has 0 atom stereocenters. The molecule has 1 amide bonds. The Morgan fingerprint density at radius 1 is 1.16 bits per heavy atom. The molecule has 12 nitrogen and oxygen atoms in total. The molecule has 14 heteroatoms. The molecule has 1 saturated carbocycles. The van der Waals surface area contributed by atoms with Gasteiger partial charge in [0.2, 0.25) is 21.4 Å². The van der Waals surface area contributed by atoms with E-state index < -0.39 is 15.7 Å². The molecule has 2 aliphatic rings. The van der Waals surface area contributed by atoms with Gasteiger partial charge in [0.25, 0.3) is 5.91 Å². The monoisotopic (exact) mass is 694 g/mol. The van der Waals surface area contributed by atoms with Gasteiger partial charge in [0, 0.05) is 30.1 Å². The van der Waals surface area contributed by atoms with Gasteiger partial charge in [0.05, 0.1) is 21.6 Å². The zero-order valence-corrected chi connectivity index (χ0v) is 28.2. The number of ether oxygens (including phenoxy) is 1. The largest absolute Gasteiger partial charge is 0.485 e. The third kappa shape index (κ3) is 6.17. The Morgan fingerprint density at radius 2 is 1.96 bits per heavy atom. The van der Waals surface area contributed by atoms with Crippen LogP contribution in [0.3, 0.4) is 0 Å². The highest BCUT2D eigenvalue weighted by Gasteiger charge is 2.32. The minimum atomic E-state index is -4.01. The molecule has 0 bridgehead atoms. The quantitative estimate of drug-likeness (QED) is 0.129. The normalized spacial score (nSPS) is 17.4. The van der Waals surface area contributed by atoms with Crippen molar-refractivity contribution in [2.24, 2.45) is 11.7 Å². The van der Waals surface area contributed by atoms with Crippen LogP contribution in [-0.2, 0) is 22.8 Å². The summed E-state index contributed by atoms with van der Waals surface area (Å²) in [4.78, 5) is 20.6. The number of carbonyl (C=O) groups excluding carboxylic acids is 1. The van der Waals surface area contributed by atoms with E-state index in [1.165, 1.54) is 40.8 Å². The number of aromatic nitrogens is 4. The third-order valence-electron chi connectivity index (χ3n) is 9.06. The highest BCUT2D eigenvalue weighted by atomic mass is 32.2. The first kappa shape index (κ1) is 32.9. The van der Waals surface area contributed by atoms with Crippen molar-refractivity contribution in [3.05, 3.63) is 107 Å². The van der Waals surface area contributed by atoms with Crippen LogP contribution >= 0.6 is 0 Å². The zero-order chi connectivity index (χ0) is 35.2. The lowest BCUT2D eigenvalue weighted by atomic mass is 9.69. The van der Waals surface area contributed by atoms with Gasteiger partial charge in [-0.1, -0.05) is 24.3 Å². The minimum absolute atomic E-state index is 0.0226. The molecule has 7 rings (SSSR count). The molecule has 5 aromatic rings. The lowest BCUT2D eigenvalue weighted by molar-refractivity contribution is 0.0965.